The van der Waals surface area contributed by atoms with Gasteiger partial charge in [0.1, 0.15) is 0 Å². The lowest BCUT2D eigenvalue weighted by Gasteiger charge is -2.38. The first-order valence-corrected chi connectivity index (χ1v) is 11.9. The van der Waals surface area contributed by atoms with Crippen LogP contribution < -0.4 is 5.32 Å². The summed E-state index contributed by atoms with van der Waals surface area (Å²) in [5.74, 6) is -0.0583. The van der Waals surface area contributed by atoms with Crippen molar-refractivity contribution in [3.05, 3.63) is 107 Å². The molecule has 34 heavy (non-hydrogen) atoms. The number of para-hydroxylation sites is 1. The van der Waals surface area contributed by atoms with Crippen molar-refractivity contribution in [2.45, 2.75) is 31.7 Å². The summed E-state index contributed by atoms with van der Waals surface area (Å²) < 4.78 is 0. The van der Waals surface area contributed by atoms with Gasteiger partial charge in [0.2, 0.25) is 11.8 Å². The first-order chi connectivity index (χ1) is 16.7. The number of rotatable bonds is 7. The van der Waals surface area contributed by atoms with Gasteiger partial charge < -0.3 is 15.2 Å². The van der Waals surface area contributed by atoms with Crippen LogP contribution in [-0.4, -0.2) is 34.8 Å². The van der Waals surface area contributed by atoms with Gasteiger partial charge in [0.05, 0.1) is 6.04 Å². The van der Waals surface area contributed by atoms with Crippen LogP contribution in [0.15, 0.2) is 85.1 Å². The average molecular weight is 452 g/mol. The van der Waals surface area contributed by atoms with E-state index in [1.165, 1.54) is 22.1 Å². The fourth-order valence-corrected chi connectivity index (χ4v) is 4.96. The van der Waals surface area contributed by atoms with Gasteiger partial charge in [-0.3, -0.25) is 9.59 Å². The maximum atomic E-state index is 13.2. The predicted octanol–water partition coefficient (Wildman–Crippen LogP) is 4.78. The van der Waals surface area contributed by atoms with Crippen LogP contribution in [0.5, 0.6) is 0 Å². The second kappa shape index (κ2) is 9.96. The van der Waals surface area contributed by atoms with Gasteiger partial charge in [-0.1, -0.05) is 72.8 Å². The maximum absolute atomic E-state index is 13.2. The van der Waals surface area contributed by atoms with Gasteiger partial charge >= 0.3 is 0 Å². The smallest absolute Gasteiger partial charge is 0.223 e. The van der Waals surface area contributed by atoms with Gasteiger partial charge in [-0.2, -0.15) is 0 Å². The molecule has 1 atom stereocenters. The Morgan fingerprint density at radius 3 is 2.56 bits per heavy atom. The van der Waals surface area contributed by atoms with Crippen LogP contribution >= 0.6 is 0 Å². The highest BCUT2D eigenvalue weighted by Crippen LogP contribution is 2.35. The summed E-state index contributed by atoms with van der Waals surface area (Å²) in [6.45, 7) is 1.22. The zero-order valence-electron chi connectivity index (χ0n) is 19.2. The molecule has 0 spiro atoms. The number of amides is 2. The Labute approximate surface area is 199 Å². The van der Waals surface area contributed by atoms with Crippen LogP contribution in [0.3, 0.4) is 0 Å². The van der Waals surface area contributed by atoms with Crippen LogP contribution in [0.2, 0.25) is 0 Å². The average Bonchev–Trinajstić information content (AvgIpc) is 3.30. The molecule has 0 fully saturated rings. The number of nitrogens with zero attached hydrogens (tertiary/aromatic N) is 1. The number of carbonyl (C=O) groups is 2. The molecule has 5 heteroatoms. The van der Waals surface area contributed by atoms with E-state index in [1.807, 2.05) is 53.6 Å². The van der Waals surface area contributed by atoms with Crippen LogP contribution in [-0.2, 0) is 22.4 Å². The minimum Gasteiger partial charge on any atom is -0.361 e. The number of aromatic nitrogens is 1. The number of nitrogens with one attached hydrogen (secondary N) is 2. The summed E-state index contributed by atoms with van der Waals surface area (Å²) in [4.78, 5) is 30.9. The molecule has 0 bridgehead atoms. The van der Waals surface area contributed by atoms with E-state index in [0.29, 0.717) is 13.1 Å². The highest BCUT2D eigenvalue weighted by atomic mass is 16.2. The van der Waals surface area contributed by atoms with Crippen LogP contribution in [0.25, 0.3) is 10.9 Å². The van der Waals surface area contributed by atoms with E-state index in [9.17, 15) is 9.59 Å². The van der Waals surface area contributed by atoms with E-state index in [2.05, 4.69) is 46.7 Å². The Balaban J connectivity index is 1.19. The molecule has 4 aromatic rings. The Bertz CT molecular complexity index is 1290. The van der Waals surface area contributed by atoms with Gasteiger partial charge in [-0.25, -0.2) is 0 Å². The summed E-state index contributed by atoms with van der Waals surface area (Å²) in [5, 5.41) is 4.16. The number of carbonyl (C=O) groups excluding carboxylic acids is 2. The molecule has 2 N–H and O–H groups in total. The van der Waals surface area contributed by atoms with Crippen molar-refractivity contribution in [1.29, 1.82) is 0 Å². The fraction of sp³-hybridized carbons (Fsp3) is 0.241. The molecule has 1 aliphatic heterocycles. The normalized spacial score (nSPS) is 15.2. The number of benzene rings is 3. The lowest BCUT2D eigenvalue weighted by atomic mass is 9.88. The molecule has 0 saturated carbocycles. The molecule has 1 aliphatic rings. The number of hydrogen-bond acceptors (Lipinski definition) is 2. The van der Waals surface area contributed by atoms with Crippen molar-refractivity contribution in [3.63, 3.8) is 0 Å². The zero-order valence-corrected chi connectivity index (χ0v) is 19.2. The number of H-pyrrole nitrogens is 1. The minimum atomic E-state index is -0.108. The quantitative estimate of drug-likeness (QED) is 0.425. The first-order valence-electron chi connectivity index (χ1n) is 11.9. The van der Waals surface area contributed by atoms with E-state index in [4.69, 9.17) is 0 Å². The monoisotopic (exact) mass is 451 g/mol. The predicted molar refractivity (Wildman–Crippen MR) is 134 cm³/mol. The third-order valence-corrected chi connectivity index (χ3v) is 6.68. The van der Waals surface area contributed by atoms with Gasteiger partial charge in [0, 0.05) is 43.0 Å². The van der Waals surface area contributed by atoms with Crippen molar-refractivity contribution < 1.29 is 9.59 Å². The Morgan fingerprint density at radius 2 is 1.68 bits per heavy atom. The molecule has 5 nitrogen and oxygen atoms in total. The van der Waals surface area contributed by atoms with Gasteiger partial charge in [0.25, 0.3) is 0 Å². The zero-order chi connectivity index (χ0) is 23.3. The lowest BCUT2D eigenvalue weighted by molar-refractivity contribution is -0.135. The summed E-state index contributed by atoms with van der Waals surface area (Å²) >= 11 is 0. The molecule has 2 amide bonds. The lowest BCUT2D eigenvalue weighted by Crippen LogP contribution is -2.41. The van der Waals surface area contributed by atoms with E-state index in [1.54, 1.807) is 0 Å². The SMILES string of the molecule is O=C(CCC(=O)N1CCc2ccccc2[C@H]1c1ccccc1)NCCc1c[nH]c2ccccc12. The van der Waals surface area contributed by atoms with Crippen molar-refractivity contribution in [2.75, 3.05) is 13.1 Å². The summed E-state index contributed by atoms with van der Waals surface area (Å²) in [6, 6.07) is 26.6. The highest BCUT2D eigenvalue weighted by Gasteiger charge is 2.31. The summed E-state index contributed by atoms with van der Waals surface area (Å²) in [5.41, 5.74) is 5.85. The molecule has 0 saturated heterocycles. The minimum absolute atomic E-state index is 0.0233. The molecular weight excluding hydrogens is 422 g/mol. The molecule has 1 aromatic heterocycles. The molecule has 5 rings (SSSR count). The number of fused-ring (bicyclic) bond motifs is 2. The Morgan fingerprint density at radius 1 is 0.912 bits per heavy atom. The summed E-state index contributed by atoms with van der Waals surface area (Å²) in [7, 11) is 0. The molecule has 0 radical (unpaired) electrons. The number of hydrogen-bond donors (Lipinski definition) is 2. The van der Waals surface area contributed by atoms with Crippen molar-refractivity contribution in [3.8, 4) is 0 Å². The molecule has 2 heterocycles. The topological polar surface area (TPSA) is 65.2 Å². The van der Waals surface area contributed by atoms with Gasteiger partial charge in [-0.05, 0) is 41.2 Å². The van der Waals surface area contributed by atoms with Crippen LogP contribution in [0, 0.1) is 0 Å². The third-order valence-electron chi connectivity index (χ3n) is 6.68. The van der Waals surface area contributed by atoms with E-state index >= 15 is 0 Å². The molecular formula is C29H29N3O2. The van der Waals surface area contributed by atoms with Crippen LogP contribution in [0.4, 0.5) is 0 Å². The largest absolute Gasteiger partial charge is 0.361 e. The van der Waals surface area contributed by atoms with Gasteiger partial charge in [-0.15, -0.1) is 0 Å². The second-order valence-corrected chi connectivity index (χ2v) is 8.81. The fourth-order valence-electron chi connectivity index (χ4n) is 4.96. The molecule has 0 aliphatic carbocycles. The molecule has 0 unspecified atom stereocenters. The Hall–Kier alpha value is -3.86. The van der Waals surface area contributed by atoms with Crippen LogP contribution in [0.1, 0.15) is 41.1 Å². The van der Waals surface area contributed by atoms with E-state index in [-0.39, 0.29) is 30.7 Å². The first kappa shape index (κ1) is 22.0. The van der Waals surface area contributed by atoms with Crippen molar-refractivity contribution >= 4 is 22.7 Å². The maximum Gasteiger partial charge on any atom is 0.223 e. The Kier molecular flexibility index (Phi) is 6.43. The van der Waals surface area contributed by atoms with Gasteiger partial charge in [0.15, 0.2) is 0 Å². The highest BCUT2D eigenvalue weighted by molar-refractivity contribution is 5.85. The van der Waals surface area contributed by atoms with E-state index < -0.39 is 0 Å². The molecule has 3 aromatic carbocycles. The van der Waals surface area contributed by atoms with E-state index in [0.717, 1.165) is 23.9 Å². The standard InChI is InChI=1S/C29H29N3O2/c33-27(30-18-16-23-20-31-26-13-7-6-11-24(23)26)14-15-28(34)32-19-17-21-8-4-5-12-25(21)29(32)22-9-2-1-3-10-22/h1-13,20,29,31H,14-19H2,(H,30,33)/t29-/m1/s1. The number of aromatic amines is 1. The van der Waals surface area contributed by atoms with Crippen molar-refractivity contribution in [2.24, 2.45) is 0 Å². The van der Waals surface area contributed by atoms with Crippen molar-refractivity contribution in [1.82, 2.24) is 15.2 Å². The molecule has 172 valence electrons. The third kappa shape index (κ3) is 4.60. The summed E-state index contributed by atoms with van der Waals surface area (Å²) in [6.07, 6.45) is 4.00. The second-order valence-electron chi connectivity index (χ2n) is 8.81.